The monoisotopic (exact) mass is 415 g/mol. The lowest BCUT2D eigenvalue weighted by molar-refractivity contribution is -0.00138. The Balaban J connectivity index is 0.00000171. The van der Waals surface area contributed by atoms with Crippen molar-refractivity contribution in [3.8, 4) is 5.69 Å². The number of fused-ring (bicyclic) bond motifs is 3. The fourth-order valence-electron chi connectivity index (χ4n) is 5.15. The largest absolute Gasteiger partial charge is 0.346 e. The Morgan fingerprint density at radius 1 is 1.21 bits per heavy atom. The number of benzene rings is 1. The zero-order valence-corrected chi connectivity index (χ0v) is 17.0. The van der Waals surface area contributed by atoms with E-state index in [1.54, 1.807) is 22.2 Å². The first-order valence-electron chi connectivity index (χ1n) is 9.69. The van der Waals surface area contributed by atoms with Crippen molar-refractivity contribution < 1.29 is 4.79 Å². The van der Waals surface area contributed by atoms with Gasteiger partial charge in [-0.3, -0.25) is 9.69 Å². The summed E-state index contributed by atoms with van der Waals surface area (Å²) < 4.78 is 2.84. The standard InChI is InChI=1S/C20H21N5OS.ClH/c26-19(22-18-13-3-8-24(9-4-13)20(18)5-6-20)17-11-14-1-2-15(12-16(14)27-17)25-10-7-21-23-25;/h1-2,7,10-13,18H,3-6,8-9H2,(H,22,26);1H/t18-;/m1./s1. The van der Waals surface area contributed by atoms with Crippen LogP contribution in [0.15, 0.2) is 36.7 Å². The molecule has 5 heterocycles. The molecule has 3 aromatic rings. The van der Waals surface area contributed by atoms with E-state index in [1.165, 1.54) is 38.8 Å². The average molecular weight is 416 g/mol. The van der Waals surface area contributed by atoms with Gasteiger partial charge in [-0.2, -0.15) is 0 Å². The summed E-state index contributed by atoms with van der Waals surface area (Å²) in [5.41, 5.74) is 1.23. The number of amides is 1. The van der Waals surface area contributed by atoms with Crippen LogP contribution in [0.4, 0.5) is 0 Å². The lowest BCUT2D eigenvalue weighted by Gasteiger charge is -2.52. The maximum Gasteiger partial charge on any atom is 0.261 e. The highest BCUT2D eigenvalue weighted by atomic mass is 35.5. The second-order valence-electron chi connectivity index (χ2n) is 8.06. The van der Waals surface area contributed by atoms with Crippen LogP contribution in [0.2, 0.25) is 0 Å². The number of nitrogens with zero attached hydrogens (tertiary/aromatic N) is 4. The van der Waals surface area contributed by atoms with Crippen LogP contribution < -0.4 is 5.32 Å². The molecule has 6 nitrogen and oxygen atoms in total. The molecule has 4 aliphatic rings. The second kappa shape index (κ2) is 6.54. The Kier molecular flexibility index (Phi) is 4.23. The number of rotatable bonds is 3. The van der Waals surface area contributed by atoms with E-state index >= 15 is 0 Å². The summed E-state index contributed by atoms with van der Waals surface area (Å²) in [5.74, 6) is 0.735. The molecule has 146 valence electrons. The fraction of sp³-hybridized carbons (Fsp3) is 0.450. The van der Waals surface area contributed by atoms with Crippen LogP contribution in [0.1, 0.15) is 35.4 Å². The number of nitrogens with one attached hydrogen (secondary N) is 1. The molecule has 1 saturated carbocycles. The van der Waals surface area contributed by atoms with Gasteiger partial charge in [-0.25, -0.2) is 4.68 Å². The van der Waals surface area contributed by atoms with Crippen LogP contribution in [0, 0.1) is 5.92 Å². The van der Waals surface area contributed by atoms with Crippen molar-refractivity contribution in [1.29, 1.82) is 0 Å². The van der Waals surface area contributed by atoms with Gasteiger partial charge in [-0.15, -0.1) is 28.8 Å². The van der Waals surface area contributed by atoms with Gasteiger partial charge >= 0.3 is 0 Å². The third kappa shape index (κ3) is 2.68. The first-order valence-corrected chi connectivity index (χ1v) is 10.5. The van der Waals surface area contributed by atoms with Crippen LogP contribution in [0.3, 0.4) is 0 Å². The van der Waals surface area contributed by atoms with Crippen molar-refractivity contribution >= 4 is 39.7 Å². The van der Waals surface area contributed by atoms with Gasteiger partial charge in [0.05, 0.1) is 29.0 Å². The molecule has 7 rings (SSSR count). The topological polar surface area (TPSA) is 63.1 Å². The van der Waals surface area contributed by atoms with E-state index in [9.17, 15) is 4.79 Å². The molecule has 0 unspecified atom stereocenters. The predicted molar refractivity (Wildman–Crippen MR) is 112 cm³/mol. The molecule has 2 bridgehead atoms. The van der Waals surface area contributed by atoms with E-state index in [-0.39, 0.29) is 23.9 Å². The van der Waals surface area contributed by atoms with Gasteiger partial charge < -0.3 is 5.32 Å². The van der Waals surface area contributed by atoms with Gasteiger partial charge in [-0.05, 0) is 68.3 Å². The van der Waals surface area contributed by atoms with Gasteiger partial charge in [0.15, 0.2) is 0 Å². The summed E-state index contributed by atoms with van der Waals surface area (Å²) in [5, 5.41) is 12.4. The molecule has 1 aromatic carbocycles. The van der Waals surface area contributed by atoms with Crippen molar-refractivity contribution in [3.63, 3.8) is 0 Å². The lowest BCUT2D eigenvalue weighted by Crippen LogP contribution is -2.65. The van der Waals surface area contributed by atoms with Crippen molar-refractivity contribution in [2.45, 2.75) is 37.3 Å². The Morgan fingerprint density at radius 3 is 2.75 bits per heavy atom. The van der Waals surface area contributed by atoms with Gasteiger partial charge in [0.2, 0.25) is 0 Å². The Labute approximate surface area is 173 Å². The van der Waals surface area contributed by atoms with Crippen LogP contribution in [0.5, 0.6) is 0 Å². The molecular formula is C20H22ClN5OS. The Hall–Kier alpha value is -1.96. The van der Waals surface area contributed by atoms with Gasteiger partial charge in [0.25, 0.3) is 5.91 Å². The molecule has 28 heavy (non-hydrogen) atoms. The first kappa shape index (κ1) is 18.1. The predicted octanol–water partition coefficient (Wildman–Crippen LogP) is 3.26. The van der Waals surface area contributed by atoms with E-state index in [4.69, 9.17) is 0 Å². The van der Waals surface area contributed by atoms with Crippen LogP contribution in [0.25, 0.3) is 15.8 Å². The number of piperidine rings is 3. The molecule has 1 aliphatic carbocycles. The number of hydrogen-bond donors (Lipinski definition) is 1. The summed E-state index contributed by atoms with van der Waals surface area (Å²) in [6, 6.07) is 8.47. The molecule has 1 N–H and O–H groups in total. The number of aromatic nitrogens is 3. The van der Waals surface area contributed by atoms with E-state index in [0.29, 0.717) is 12.0 Å². The van der Waals surface area contributed by atoms with Crippen LogP contribution >= 0.6 is 23.7 Å². The molecule has 8 heteroatoms. The van der Waals surface area contributed by atoms with E-state index in [1.807, 2.05) is 18.3 Å². The molecule has 3 aliphatic heterocycles. The molecule has 4 fully saturated rings. The first-order chi connectivity index (χ1) is 13.2. The molecular weight excluding hydrogens is 394 g/mol. The van der Waals surface area contributed by atoms with Crippen molar-refractivity contribution in [2.75, 3.05) is 13.1 Å². The molecule has 3 saturated heterocycles. The number of carbonyl (C=O) groups is 1. The van der Waals surface area contributed by atoms with Crippen molar-refractivity contribution in [2.24, 2.45) is 5.92 Å². The zero-order valence-electron chi connectivity index (χ0n) is 15.4. The normalized spacial score (nSPS) is 26.9. The fourth-order valence-corrected chi connectivity index (χ4v) is 6.15. The molecule has 1 amide bonds. The average Bonchev–Trinajstić information content (AvgIpc) is 3.11. The minimum atomic E-state index is 0. The molecule has 0 radical (unpaired) electrons. The van der Waals surface area contributed by atoms with E-state index < -0.39 is 0 Å². The maximum atomic E-state index is 13.0. The van der Waals surface area contributed by atoms with E-state index in [0.717, 1.165) is 20.7 Å². The summed E-state index contributed by atoms with van der Waals surface area (Å²) in [6.07, 6.45) is 8.41. The third-order valence-corrected chi connectivity index (χ3v) is 7.78. The molecule has 2 aromatic heterocycles. The summed E-state index contributed by atoms with van der Waals surface area (Å²) in [4.78, 5) is 16.5. The third-order valence-electron chi connectivity index (χ3n) is 6.68. The number of halogens is 1. The number of carbonyl (C=O) groups excluding carboxylic acids is 1. The highest BCUT2D eigenvalue weighted by molar-refractivity contribution is 7.20. The summed E-state index contributed by atoms with van der Waals surface area (Å²) in [6.45, 7) is 2.43. The summed E-state index contributed by atoms with van der Waals surface area (Å²) >= 11 is 1.56. The second-order valence-corrected chi connectivity index (χ2v) is 9.14. The zero-order chi connectivity index (χ0) is 18.0. The summed E-state index contributed by atoms with van der Waals surface area (Å²) in [7, 11) is 0. The van der Waals surface area contributed by atoms with Crippen molar-refractivity contribution in [1.82, 2.24) is 25.2 Å². The van der Waals surface area contributed by atoms with Crippen molar-refractivity contribution in [3.05, 3.63) is 41.5 Å². The number of hydrogen-bond acceptors (Lipinski definition) is 5. The smallest absolute Gasteiger partial charge is 0.261 e. The van der Waals surface area contributed by atoms with Gasteiger partial charge in [-0.1, -0.05) is 11.3 Å². The van der Waals surface area contributed by atoms with E-state index in [2.05, 4.69) is 32.7 Å². The number of thiophene rings is 1. The molecule has 1 spiro atoms. The quantitative estimate of drug-likeness (QED) is 0.713. The van der Waals surface area contributed by atoms with Gasteiger partial charge in [0.1, 0.15) is 0 Å². The minimum absolute atomic E-state index is 0. The minimum Gasteiger partial charge on any atom is -0.346 e. The SMILES string of the molecule is Cl.O=C(N[C@@H]1C2CCN(CC2)C12CC2)c1cc2ccc(-n3ccnn3)cc2s1. The Morgan fingerprint density at radius 2 is 2.04 bits per heavy atom. The van der Waals surface area contributed by atoms with Crippen LogP contribution in [-0.4, -0.2) is 50.5 Å². The molecule has 1 atom stereocenters. The highest BCUT2D eigenvalue weighted by Gasteiger charge is 2.60. The maximum absolute atomic E-state index is 13.0. The van der Waals surface area contributed by atoms with Crippen LogP contribution in [-0.2, 0) is 0 Å². The Bertz CT molecular complexity index is 1020. The lowest BCUT2D eigenvalue weighted by atomic mass is 9.77. The van der Waals surface area contributed by atoms with Gasteiger partial charge in [0, 0.05) is 10.2 Å². The highest BCUT2D eigenvalue weighted by Crippen LogP contribution is 2.53.